The fraction of sp³-hybridized carbons (Fsp3) is 0.222. The van der Waals surface area contributed by atoms with Crippen LogP contribution in [0.4, 0.5) is 4.39 Å². The summed E-state index contributed by atoms with van der Waals surface area (Å²) >= 11 is 12.5. The number of fused-ring (bicyclic) bond motifs is 1. The fourth-order valence-corrected chi connectivity index (χ4v) is 3.97. The van der Waals surface area contributed by atoms with E-state index in [1.807, 2.05) is 18.2 Å². The molecule has 1 fully saturated rings. The Morgan fingerprint density at radius 1 is 1.25 bits per heavy atom. The van der Waals surface area contributed by atoms with Gasteiger partial charge in [0.2, 0.25) is 10.0 Å². The molecule has 1 aromatic heterocycles. The van der Waals surface area contributed by atoms with Crippen molar-refractivity contribution in [1.82, 2.24) is 14.5 Å². The molecule has 6 nitrogen and oxygen atoms in total. The quantitative estimate of drug-likeness (QED) is 0.662. The molecule has 28 heavy (non-hydrogen) atoms. The monoisotopic (exact) mass is 441 g/mol. The molecule has 1 aliphatic rings. The number of carbonyl (C=O) groups is 1. The number of carbonyl (C=O) groups excluding carboxylic acids is 1. The Bertz CT molecular complexity index is 1240. The van der Waals surface area contributed by atoms with Gasteiger partial charge in [0.05, 0.1) is 28.0 Å². The van der Waals surface area contributed by atoms with Gasteiger partial charge in [0.15, 0.2) is 5.15 Å². The molecule has 0 unspecified atom stereocenters. The molecule has 4 rings (SSSR count). The van der Waals surface area contributed by atoms with Crippen LogP contribution in [0.5, 0.6) is 0 Å². The highest BCUT2D eigenvalue weighted by atomic mass is 35.5. The van der Waals surface area contributed by atoms with Gasteiger partial charge >= 0.3 is 0 Å². The third kappa shape index (κ3) is 3.59. The molecule has 1 saturated carbocycles. The van der Waals surface area contributed by atoms with Gasteiger partial charge in [-0.15, -0.1) is 0 Å². The summed E-state index contributed by atoms with van der Waals surface area (Å²) in [7, 11) is -3.84. The van der Waals surface area contributed by atoms with Crippen molar-refractivity contribution in [3.05, 3.63) is 57.5 Å². The van der Waals surface area contributed by atoms with Crippen molar-refractivity contribution < 1.29 is 17.6 Å². The molecule has 1 N–H and O–H groups in total. The standard InChI is InChI=1S/C18H14Cl2FN3O3S/c1-28(26,27)23-18(25)11-7-13(19)16(8-14(11)21)24-15-5-4-10(9-2-3-9)6-12(15)17(20)22-24/h4-9H,2-3H2,1H3,(H,23,25). The topological polar surface area (TPSA) is 81.1 Å². The molecule has 0 spiro atoms. The van der Waals surface area contributed by atoms with Gasteiger partial charge in [0.1, 0.15) is 5.82 Å². The van der Waals surface area contributed by atoms with Gasteiger partial charge in [-0.2, -0.15) is 5.10 Å². The molecular weight excluding hydrogens is 428 g/mol. The molecule has 0 aliphatic heterocycles. The number of hydrogen-bond acceptors (Lipinski definition) is 4. The number of hydrogen-bond donors (Lipinski definition) is 1. The van der Waals surface area contributed by atoms with Crippen molar-refractivity contribution in [2.75, 3.05) is 6.26 Å². The van der Waals surface area contributed by atoms with Crippen LogP contribution in [0.2, 0.25) is 10.2 Å². The highest BCUT2D eigenvalue weighted by molar-refractivity contribution is 7.89. The Morgan fingerprint density at radius 3 is 2.61 bits per heavy atom. The van der Waals surface area contributed by atoms with E-state index in [-0.39, 0.29) is 15.9 Å². The molecule has 146 valence electrons. The number of amides is 1. The van der Waals surface area contributed by atoms with E-state index in [0.717, 1.165) is 36.6 Å². The van der Waals surface area contributed by atoms with E-state index in [0.29, 0.717) is 11.4 Å². The fourth-order valence-electron chi connectivity index (χ4n) is 3.05. The van der Waals surface area contributed by atoms with Crippen LogP contribution in [0.1, 0.15) is 34.7 Å². The summed E-state index contributed by atoms with van der Waals surface area (Å²) in [5, 5.41) is 5.25. The van der Waals surface area contributed by atoms with Crippen molar-refractivity contribution in [1.29, 1.82) is 0 Å². The van der Waals surface area contributed by atoms with E-state index in [9.17, 15) is 17.6 Å². The summed E-state index contributed by atoms with van der Waals surface area (Å²) < 4.78 is 40.1. The van der Waals surface area contributed by atoms with E-state index < -0.39 is 27.3 Å². The molecule has 1 aliphatic carbocycles. The molecular formula is C18H14Cl2FN3O3S. The number of benzene rings is 2. The molecule has 0 radical (unpaired) electrons. The summed E-state index contributed by atoms with van der Waals surface area (Å²) in [5.74, 6) is -1.50. The number of aromatic nitrogens is 2. The zero-order valence-corrected chi connectivity index (χ0v) is 16.9. The Kier molecular flexibility index (Phi) is 4.60. The van der Waals surface area contributed by atoms with Crippen LogP contribution in [0.15, 0.2) is 30.3 Å². The maximum atomic E-state index is 14.5. The predicted molar refractivity (Wildman–Crippen MR) is 105 cm³/mol. The Labute approximate surface area is 170 Å². The first-order valence-electron chi connectivity index (χ1n) is 8.34. The van der Waals surface area contributed by atoms with Crippen LogP contribution in [-0.4, -0.2) is 30.4 Å². The number of nitrogens with zero attached hydrogens (tertiary/aromatic N) is 2. The maximum absolute atomic E-state index is 14.5. The number of rotatable bonds is 4. The van der Waals surface area contributed by atoms with E-state index in [4.69, 9.17) is 23.2 Å². The first-order valence-corrected chi connectivity index (χ1v) is 11.0. The average Bonchev–Trinajstić information content (AvgIpc) is 3.40. The number of nitrogens with one attached hydrogen (secondary N) is 1. The van der Waals surface area contributed by atoms with Crippen molar-refractivity contribution in [2.24, 2.45) is 0 Å². The molecule has 10 heteroatoms. The van der Waals surface area contributed by atoms with Gasteiger partial charge in [0.25, 0.3) is 5.91 Å². The second-order valence-electron chi connectivity index (χ2n) is 6.74. The highest BCUT2D eigenvalue weighted by Gasteiger charge is 2.25. The third-order valence-electron chi connectivity index (χ3n) is 4.50. The van der Waals surface area contributed by atoms with E-state index in [1.165, 1.54) is 10.2 Å². The van der Waals surface area contributed by atoms with Crippen LogP contribution < -0.4 is 4.72 Å². The largest absolute Gasteiger partial charge is 0.268 e. The average molecular weight is 442 g/mol. The van der Waals surface area contributed by atoms with Gasteiger partial charge in [0, 0.05) is 11.5 Å². The van der Waals surface area contributed by atoms with E-state index in [1.54, 1.807) is 4.72 Å². The summed E-state index contributed by atoms with van der Waals surface area (Å²) in [4.78, 5) is 12.0. The second-order valence-corrected chi connectivity index (χ2v) is 9.25. The lowest BCUT2D eigenvalue weighted by Gasteiger charge is -2.10. The first-order chi connectivity index (χ1) is 13.1. The van der Waals surface area contributed by atoms with Gasteiger partial charge in [-0.25, -0.2) is 22.2 Å². The van der Waals surface area contributed by atoms with Gasteiger partial charge in [-0.05, 0) is 42.5 Å². The lowest BCUT2D eigenvalue weighted by atomic mass is 10.1. The van der Waals surface area contributed by atoms with Crippen LogP contribution in [-0.2, 0) is 10.0 Å². The van der Waals surface area contributed by atoms with E-state index in [2.05, 4.69) is 5.10 Å². The summed E-state index contributed by atoms with van der Waals surface area (Å²) in [5.41, 5.74) is 1.52. The third-order valence-corrected chi connectivity index (χ3v) is 5.63. The minimum absolute atomic E-state index is 0.0207. The van der Waals surface area contributed by atoms with Crippen molar-refractivity contribution in [3.63, 3.8) is 0 Å². The van der Waals surface area contributed by atoms with Crippen LogP contribution in [0, 0.1) is 5.82 Å². The van der Waals surface area contributed by atoms with Crippen LogP contribution in [0.3, 0.4) is 0 Å². The van der Waals surface area contributed by atoms with Gasteiger partial charge in [-0.1, -0.05) is 29.3 Å². The molecule has 0 atom stereocenters. The van der Waals surface area contributed by atoms with Crippen LogP contribution in [0.25, 0.3) is 16.6 Å². The zero-order chi connectivity index (χ0) is 20.2. The Hall–Kier alpha value is -2.16. The number of halogens is 3. The Morgan fingerprint density at radius 2 is 1.96 bits per heavy atom. The number of sulfonamides is 1. The minimum Gasteiger partial charge on any atom is -0.268 e. The highest BCUT2D eigenvalue weighted by Crippen LogP contribution is 2.42. The smallest absolute Gasteiger partial charge is 0.267 e. The van der Waals surface area contributed by atoms with Crippen molar-refractivity contribution in [3.8, 4) is 5.69 Å². The molecule has 2 aromatic carbocycles. The zero-order valence-electron chi connectivity index (χ0n) is 14.5. The summed E-state index contributed by atoms with van der Waals surface area (Å²) in [6.45, 7) is 0. The van der Waals surface area contributed by atoms with Gasteiger partial charge < -0.3 is 0 Å². The molecule has 0 saturated heterocycles. The van der Waals surface area contributed by atoms with Crippen molar-refractivity contribution in [2.45, 2.75) is 18.8 Å². The first kappa shape index (κ1) is 19.2. The van der Waals surface area contributed by atoms with E-state index >= 15 is 0 Å². The Balaban J connectivity index is 1.79. The lowest BCUT2D eigenvalue weighted by molar-refractivity contribution is 0.0978. The normalized spacial score (nSPS) is 14.4. The van der Waals surface area contributed by atoms with Crippen molar-refractivity contribution >= 4 is 50.0 Å². The lowest BCUT2D eigenvalue weighted by Crippen LogP contribution is -2.30. The minimum atomic E-state index is -3.84. The molecule has 1 heterocycles. The van der Waals surface area contributed by atoms with Crippen LogP contribution >= 0.6 is 23.2 Å². The second kappa shape index (κ2) is 6.72. The predicted octanol–water partition coefficient (Wildman–Crippen LogP) is 4.04. The van der Waals surface area contributed by atoms with Gasteiger partial charge in [-0.3, -0.25) is 4.79 Å². The molecule has 1 amide bonds. The summed E-state index contributed by atoms with van der Waals surface area (Å²) in [6.07, 6.45) is 3.09. The summed E-state index contributed by atoms with van der Waals surface area (Å²) in [6, 6.07) is 7.88. The SMILES string of the molecule is CS(=O)(=O)NC(=O)c1cc(Cl)c(-n2nc(Cl)c3cc(C4CC4)ccc32)cc1F. The molecule has 0 bridgehead atoms. The maximum Gasteiger partial charge on any atom is 0.267 e. The molecule has 3 aromatic rings.